The van der Waals surface area contributed by atoms with Gasteiger partial charge in [-0.25, -0.2) is 25.3 Å². The van der Waals surface area contributed by atoms with E-state index in [1.54, 1.807) is 33.1 Å². The van der Waals surface area contributed by atoms with Crippen molar-refractivity contribution in [3.8, 4) is 0 Å². The SMILES string of the molecule is CC1(C)CCC(ON)(C(=O)OC(C)(C)C)CC1.Cc1nc(/C(=N/OC2(C(=O)OC(C)(C)C)CCC(C)(C)CC2)C(=O)O)cs1. The molecule has 2 aliphatic carbocycles. The van der Waals surface area contributed by atoms with Gasteiger partial charge in [-0.05, 0) is 97.8 Å². The Hall–Kier alpha value is -2.57. The average molecular weight is 640 g/mol. The van der Waals surface area contributed by atoms with Crippen LogP contribution in [0.2, 0.25) is 0 Å². The number of ether oxygens (including phenoxy) is 2. The Balaban J connectivity index is 0.000000342. The van der Waals surface area contributed by atoms with Crippen LogP contribution >= 0.6 is 11.3 Å². The molecule has 1 heterocycles. The first-order valence-electron chi connectivity index (χ1n) is 15.2. The largest absolute Gasteiger partial charge is 0.476 e. The maximum Gasteiger partial charge on any atom is 0.360 e. The number of aryl methyl sites for hydroxylation is 1. The first-order valence-corrected chi connectivity index (χ1v) is 16.1. The molecule has 12 heteroatoms. The second-order valence-corrected chi connectivity index (χ2v) is 16.6. The van der Waals surface area contributed by atoms with Crippen LogP contribution in [-0.2, 0) is 33.5 Å². The average Bonchev–Trinajstić information content (AvgIpc) is 3.29. The highest BCUT2D eigenvalue weighted by atomic mass is 32.1. The van der Waals surface area contributed by atoms with Gasteiger partial charge in [-0.15, -0.1) is 11.3 Å². The number of nitrogens with two attached hydrogens (primary N) is 1. The maximum atomic E-state index is 12.9. The van der Waals surface area contributed by atoms with Crippen LogP contribution in [0, 0.1) is 17.8 Å². The van der Waals surface area contributed by atoms with E-state index in [0.717, 1.165) is 30.7 Å². The van der Waals surface area contributed by atoms with Crippen molar-refractivity contribution >= 4 is 35.0 Å². The molecule has 0 atom stereocenters. The third-order valence-electron chi connectivity index (χ3n) is 7.97. The highest BCUT2D eigenvalue weighted by molar-refractivity contribution is 7.09. The number of esters is 2. The molecule has 0 aromatic carbocycles. The molecule has 1 aromatic rings. The molecule has 3 rings (SSSR count). The molecule has 11 nitrogen and oxygen atoms in total. The number of aromatic nitrogens is 1. The number of hydrogen-bond donors (Lipinski definition) is 2. The van der Waals surface area contributed by atoms with E-state index in [4.69, 9.17) is 25.0 Å². The summed E-state index contributed by atoms with van der Waals surface area (Å²) in [5.74, 6) is 3.26. The Kier molecular flexibility index (Phi) is 11.8. The lowest BCUT2D eigenvalue weighted by Crippen LogP contribution is -2.50. The quantitative estimate of drug-likeness (QED) is 0.192. The molecule has 250 valence electrons. The summed E-state index contributed by atoms with van der Waals surface area (Å²) in [4.78, 5) is 51.5. The van der Waals surface area contributed by atoms with Crippen LogP contribution in [0.3, 0.4) is 0 Å². The zero-order valence-electron chi connectivity index (χ0n) is 28.4. The van der Waals surface area contributed by atoms with Crippen LogP contribution in [0.25, 0.3) is 0 Å². The van der Waals surface area contributed by atoms with Gasteiger partial charge in [0.2, 0.25) is 11.3 Å². The highest BCUT2D eigenvalue weighted by Gasteiger charge is 2.50. The number of oxime groups is 1. The van der Waals surface area contributed by atoms with Crippen LogP contribution in [0.1, 0.15) is 131 Å². The Morgan fingerprint density at radius 1 is 0.818 bits per heavy atom. The lowest BCUT2D eigenvalue weighted by Gasteiger charge is -2.41. The van der Waals surface area contributed by atoms with E-state index in [2.05, 4.69) is 37.8 Å². The van der Waals surface area contributed by atoms with Gasteiger partial charge in [0, 0.05) is 18.2 Å². The molecular formula is C32H53N3O8S. The van der Waals surface area contributed by atoms with Crippen molar-refractivity contribution < 1.29 is 38.6 Å². The summed E-state index contributed by atoms with van der Waals surface area (Å²) in [6.45, 7) is 21.3. The highest BCUT2D eigenvalue weighted by Crippen LogP contribution is 2.44. The normalized spacial score (nSPS) is 20.9. The molecule has 0 aliphatic heterocycles. The molecule has 0 radical (unpaired) electrons. The molecule has 0 bridgehead atoms. The zero-order valence-corrected chi connectivity index (χ0v) is 29.2. The molecule has 3 N–H and O–H groups in total. The van der Waals surface area contributed by atoms with E-state index in [9.17, 15) is 19.5 Å². The van der Waals surface area contributed by atoms with Gasteiger partial charge in [-0.2, -0.15) is 0 Å². The van der Waals surface area contributed by atoms with Crippen LogP contribution in [0.4, 0.5) is 0 Å². The Morgan fingerprint density at radius 2 is 1.23 bits per heavy atom. The Labute approximate surface area is 266 Å². The first-order chi connectivity index (χ1) is 19.9. The van der Waals surface area contributed by atoms with E-state index in [0.29, 0.717) is 25.7 Å². The van der Waals surface area contributed by atoms with E-state index in [1.165, 1.54) is 11.3 Å². The minimum atomic E-state index is -1.28. The molecule has 2 fully saturated rings. The van der Waals surface area contributed by atoms with E-state index >= 15 is 0 Å². The number of carbonyl (C=O) groups is 3. The number of carbonyl (C=O) groups excluding carboxylic acids is 2. The fraction of sp³-hybridized carbons (Fsp3) is 0.781. The number of nitrogens with zero attached hydrogens (tertiary/aromatic N) is 2. The van der Waals surface area contributed by atoms with Crippen LogP contribution in [-0.4, -0.2) is 56.1 Å². The van der Waals surface area contributed by atoms with Gasteiger partial charge in [-0.1, -0.05) is 32.9 Å². The number of carboxylic acids is 1. The van der Waals surface area contributed by atoms with E-state index in [-0.39, 0.29) is 28.2 Å². The third kappa shape index (κ3) is 10.8. The topological polar surface area (TPSA) is 160 Å². The monoisotopic (exact) mass is 639 g/mol. The van der Waals surface area contributed by atoms with E-state index < -0.39 is 34.3 Å². The van der Waals surface area contributed by atoms with Gasteiger partial charge in [0.25, 0.3) is 0 Å². The summed E-state index contributed by atoms with van der Waals surface area (Å²) in [5.41, 5.74) is -3.16. The van der Waals surface area contributed by atoms with Crippen molar-refractivity contribution in [1.29, 1.82) is 0 Å². The van der Waals surface area contributed by atoms with Crippen molar-refractivity contribution in [3.63, 3.8) is 0 Å². The van der Waals surface area contributed by atoms with E-state index in [1.807, 2.05) is 20.8 Å². The second kappa shape index (κ2) is 13.8. The van der Waals surface area contributed by atoms with Crippen molar-refractivity contribution in [2.75, 3.05) is 0 Å². The summed E-state index contributed by atoms with van der Waals surface area (Å²) in [5, 5.41) is 15.7. The van der Waals surface area contributed by atoms with Crippen LogP contribution in [0.5, 0.6) is 0 Å². The molecule has 0 spiro atoms. The molecule has 2 aliphatic rings. The van der Waals surface area contributed by atoms with Gasteiger partial charge in [0.05, 0.1) is 5.01 Å². The second-order valence-electron chi connectivity index (χ2n) is 15.5. The van der Waals surface area contributed by atoms with Crippen molar-refractivity contribution in [3.05, 3.63) is 16.1 Å². The van der Waals surface area contributed by atoms with Crippen LogP contribution < -0.4 is 5.90 Å². The fourth-order valence-corrected chi connectivity index (χ4v) is 5.50. The number of hydrogen-bond acceptors (Lipinski definition) is 11. The number of aliphatic carboxylic acids is 1. The minimum Gasteiger partial charge on any atom is -0.476 e. The van der Waals surface area contributed by atoms with Crippen molar-refractivity contribution in [2.24, 2.45) is 21.9 Å². The van der Waals surface area contributed by atoms with Gasteiger partial charge in [0.15, 0.2) is 5.60 Å². The molecule has 1 aromatic heterocycles. The molecular weight excluding hydrogens is 586 g/mol. The third-order valence-corrected chi connectivity index (χ3v) is 8.74. The summed E-state index contributed by atoms with van der Waals surface area (Å²) in [6, 6.07) is 0. The molecule has 0 saturated heterocycles. The van der Waals surface area contributed by atoms with Gasteiger partial charge < -0.3 is 19.4 Å². The molecule has 0 amide bonds. The first kappa shape index (κ1) is 37.6. The van der Waals surface area contributed by atoms with Crippen LogP contribution in [0.15, 0.2) is 10.5 Å². The predicted molar refractivity (Wildman–Crippen MR) is 169 cm³/mol. The van der Waals surface area contributed by atoms with Gasteiger partial charge >= 0.3 is 17.9 Å². The van der Waals surface area contributed by atoms with Gasteiger partial charge in [-0.3, -0.25) is 4.84 Å². The standard InChI is InChI=1S/C19H28N2O5S.C13H25NO3/c1-12-20-13(11-27-12)14(15(22)23)21-26-19(16(24)25-17(2,3)4)9-7-18(5,6)8-10-19;1-11(2,3)16-10(15)13(17-14)8-6-12(4,5)7-9-13/h11H,7-10H2,1-6H3,(H,22,23);6-9,14H2,1-5H3/b21-14-;. The zero-order chi connectivity index (χ0) is 33.8. The fourth-order valence-electron chi connectivity index (χ4n) is 4.91. The molecule has 44 heavy (non-hydrogen) atoms. The number of thiazole rings is 1. The van der Waals surface area contributed by atoms with Gasteiger partial charge in [0.1, 0.15) is 16.9 Å². The molecule has 2 saturated carbocycles. The predicted octanol–water partition coefficient (Wildman–Crippen LogP) is 6.49. The minimum absolute atomic E-state index is 0.0836. The lowest BCUT2D eigenvalue weighted by molar-refractivity contribution is -0.192. The number of carboxylic acid groups (broad SMARTS) is 1. The van der Waals surface area contributed by atoms with Crippen molar-refractivity contribution in [2.45, 2.75) is 150 Å². The summed E-state index contributed by atoms with van der Waals surface area (Å²) in [6.07, 6.45) is 5.44. The number of rotatable bonds is 7. The lowest BCUT2D eigenvalue weighted by atomic mass is 9.71. The molecule has 0 unspecified atom stereocenters. The Bertz CT molecular complexity index is 1190. The summed E-state index contributed by atoms with van der Waals surface area (Å²) < 4.78 is 11.0. The Morgan fingerprint density at radius 3 is 1.57 bits per heavy atom. The summed E-state index contributed by atoms with van der Waals surface area (Å²) in [7, 11) is 0. The smallest absolute Gasteiger partial charge is 0.360 e. The summed E-state index contributed by atoms with van der Waals surface area (Å²) >= 11 is 1.32. The van der Waals surface area contributed by atoms with Crippen molar-refractivity contribution in [1.82, 2.24) is 4.98 Å². The maximum absolute atomic E-state index is 12.9.